The van der Waals surface area contributed by atoms with Crippen LogP contribution in [0.5, 0.6) is 0 Å². The predicted molar refractivity (Wildman–Crippen MR) is 82.8 cm³/mol. The van der Waals surface area contributed by atoms with Gasteiger partial charge in [-0.25, -0.2) is 4.39 Å². The van der Waals surface area contributed by atoms with Crippen LogP contribution in [-0.4, -0.2) is 24.4 Å². The van der Waals surface area contributed by atoms with E-state index < -0.39 is 0 Å². The van der Waals surface area contributed by atoms with Gasteiger partial charge >= 0.3 is 0 Å². The maximum absolute atomic E-state index is 12.8. The van der Waals surface area contributed by atoms with E-state index in [9.17, 15) is 9.18 Å². The summed E-state index contributed by atoms with van der Waals surface area (Å²) in [7, 11) is 1.86. The summed E-state index contributed by atoms with van der Waals surface area (Å²) in [6.45, 7) is 0.897. The molecule has 0 heterocycles. The maximum Gasteiger partial charge on any atom is 0.238 e. The lowest BCUT2D eigenvalue weighted by atomic mass is 10.2. The van der Waals surface area contributed by atoms with Crippen molar-refractivity contribution in [1.29, 1.82) is 0 Å². The monoisotopic (exact) mass is 306 g/mol. The van der Waals surface area contributed by atoms with Crippen molar-refractivity contribution in [3.63, 3.8) is 0 Å². The second kappa shape index (κ2) is 7.20. The van der Waals surface area contributed by atoms with Crippen LogP contribution in [0.2, 0.25) is 5.02 Å². The van der Waals surface area contributed by atoms with E-state index in [1.165, 1.54) is 24.3 Å². The van der Waals surface area contributed by atoms with Crippen LogP contribution in [0.3, 0.4) is 0 Å². The Hall–Kier alpha value is -1.91. The van der Waals surface area contributed by atoms with Crippen LogP contribution in [0.4, 0.5) is 10.1 Å². The molecule has 1 amide bonds. The lowest BCUT2D eigenvalue weighted by Gasteiger charge is -2.16. The highest BCUT2D eigenvalue weighted by Crippen LogP contribution is 2.11. The average molecular weight is 307 g/mol. The largest absolute Gasteiger partial charge is 0.325 e. The Kier molecular flexibility index (Phi) is 5.31. The minimum Gasteiger partial charge on any atom is -0.325 e. The van der Waals surface area contributed by atoms with Gasteiger partial charge in [0.2, 0.25) is 5.91 Å². The molecule has 0 spiro atoms. The number of halogens is 2. The van der Waals surface area contributed by atoms with Crippen LogP contribution < -0.4 is 5.32 Å². The van der Waals surface area contributed by atoms with Gasteiger partial charge in [0.1, 0.15) is 5.82 Å². The number of carbonyl (C=O) groups is 1. The smallest absolute Gasteiger partial charge is 0.238 e. The van der Waals surface area contributed by atoms with Gasteiger partial charge in [0.05, 0.1) is 6.54 Å². The Labute approximate surface area is 128 Å². The molecule has 0 aliphatic heterocycles. The predicted octanol–water partition coefficient (Wildman–Crippen LogP) is 3.55. The number of hydrogen-bond acceptors (Lipinski definition) is 2. The van der Waals surface area contributed by atoms with E-state index in [0.29, 0.717) is 17.3 Å². The van der Waals surface area contributed by atoms with Crippen LogP contribution in [0, 0.1) is 5.82 Å². The Balaban J connectivity index is 1.84. The summed E-state index contributed by atoms with van der Waals surface area (Å²) in [5, 5.41) is 3.42. The summed E-state index contributed by atoms with van der Waals surface area (Å²) in [5.74, 6) is -0.467. The highest BCUT2D eigenvalue weighted by Gasteiger charge is 2.07. The van der Waals surface area contributed by atoms with Crippen molar-refractivity contribution in [3.05, 3.63) is 64.9 Å². The summed E-state index contributed by atoms with van der Waals surface area (Å²) >= 11 is 5.83. The molecule has 2 aromatic rings. The van der Waals surface area contributed by atoms with Crippen molar-refractivity contribution in [1.82, 2.24) is 4.90 Å². The van der Waals surface area contributed by atoms with Crippen LogP contribution >= 0.6 is 11.6 Å². The molecule has 21 heavy (non-hydrogen) atoms. The van der Waals surface area contributed by atoms with Gasteiger partial charge in [-0.2, -0.15) is 0 Å². The third-order valence-electron chi connectivity index (χ3n) is 2.91. The third-order valence-corrected chi connectivity index (χ3v) is 3.16. The molecule has 0 saturated carbocycles. The van der Waals surface area contributed by atoms with Crippen LogP contribution in [0.1, 0.15) is 5.56 Å². The minimum atomic E-state index is -0.326. The molecule has 110 valence electrons. The topological polar surface area (TPSA) is 32.3 Å². The summed E-state index contributed by atoms with van der Waals surface area (Å²) in [6.07, 6.45) is 0. The van der Waals surface area contributed by atoms with Gasteiger partial charge in [0.25, 0.3) is 0 Å². The molecule has 0 aromatic heterocycles. The molecule has 0 aliphatic carbocycles. The molecular weight excluding hydrogens is 291 g/mol. The van der Waals surface area contributed by atoms with Gasteiger partial charge in [-0.3, -0.25) is 9.69 Å². The molecule has 1 N–H and O–H groups in total. The second-order valence-electron chi connectivity index (χ2n) is 4.85. The highest BCUT2D eigenvalue weighted by molar-refractivity contribution is 6.30. The first-order chi connectivity index (χ1) is 10.0. The number of nitrogens with one attached hydrogen (secondary N) is 1. The van der Waals surface area contributed by atoms with Crippen molar-refractivity contribution < 1.29 is 9.18 Å². The van der Waals surface area contributed by atoms with E-state index in [4.69, 9.17) is 11.6 Å². The van der Waals surface area contributed by atoms with Gasteiger partial charge in [0.15, 0.2) is 0 Å². The molecule has 0 bridgehead atoms. The molecule has 0 saturated heterocycles. The molecule has 0 fully saturated rings. The first-order valence-corrected chi connectivity index (χ1v) is 6.89. The van der Waals surface area contributed by atoms with E-state index in [-0.39, 0.29) is 18.3 Å². The van der Waals surface area contributed by atoms with Gasteiger partial charge in [-0.05, 0) is 49.0 Å². The number of benzene rings is 2. The molecular formula is C16H16ClFN2O. The minimum absolute atomic E-state index is 0.141. The van der Waals surface area contributed by atoms with Crippen LogP contribution in [0.15, 0.2) is 48.5 Å². The quantitative estimate of drug-likeness (QED) is 0.916. The zero-order chi connectivity index (χ0) is 15.2. The van der Waals surface area contributed by atoms with Gasteiger partial charge in [0, 0.05) is 17.3 Å². The molecule has 0 unspecified atom stereocenters. The van der Waals surface area contributed by atoms with E-state index in [0.717, 1.165) is 5.56 Å². The first kappa shape index (κ1) is 15.5. The molecule has 0 radical (unpaired) electrons. The SMILES string of the molecule is CN(CC(=O)Nc1ccc(F)cc1)Cc1ccc(Cl)cc1. The van der Waals surface area contributed by atoms with Crippen molar-refractivity contribution in [2.45, 2.75) is 6.54 Å². The third kappa shape index (κ3) is 5.17. The maximum atomic E-state index is 12.8. The summed E-state index contributed by atoms with van der Waals surface area (Å²) in [4.78, 5) is 13.8. The zero-order valence-corrected chi connectivity index (χ0v) is 12.4. The fourth-order valence-electron chi connectivity index (χ4n) is 1.94. The van der Waals surface area contributed by atoms with E-state index >= 15 is 0 Å². The van der Waals surface area contributed by atoms with Crippen LogP contribution in [-0.2, 0) is 11.3 Å². The lowest BCUT2D eigenvalue weighted by molar-refractivity contribution is -0.117. The molecule has 3 nitrogen and oxygen atoms in total. The Bertz CT molecular complexity index is 599. The number of anilines is 1. The van der Waals surface area contributed by atoms with Crippen molar-refractivity contribution in [3.8, 4) is 0 Å². The Morgan fingerprint density at radius 3 is 2.38 bits per heavy atom. The fraction of sp³-hybridized carbons (Fsp3) is 0.188. The first-order valence-electron chi connectivity index (χ1n) is 6.51. The normalized spacial score (nSPS) is 10.7. The van der Waals surface area contributed by atoms with Gasteiger partial charge < -0.3 is 5.32 Å². The molecule has 0 aliphatic rings. The van der Waals surface area contributed by atoms with Gasteiger partial charge in [-0.1, -0.05) is 23.7 Å². The van der Waals surface area contributed by atoms with Gasteiger partial charge in [-0.15, -0.1) is 0 Å². The second-order valence-corrected chi connectivity index (χ2v) is 5.29. The highest BCUT2D eigenvalue weighted by atomic mass is 35.5. The molecule has 0 atom stereocenters. The fourth-order valence-corrected chi connectivity index (χ4v) is 2.06. The summed E-state index contributed by atoms with van der Waals surface area (Å²) < 4.78 is 12.8. The Morgan fingerprint density at radius 2 is 1.76 bits per heavy atom. The van der Waals surface area contributed by atoms with E-state index in [1.54, 1.807) is 0 Å². The van der Waals surface area contributed by atoms with Crippen LogP contribution in [0.25, 0.3) is 0 Å². The van der Waals surface area contributed by atoms with Crippen molar-refractivity contribution in [2.24, 2.45) is 0 Å². The number of carbonyl (C=O) groups excluding carboxylic acids is 1. The Morgan fingerprint density at radius 1 is 1.14 bits per heavy atom. The zero-order valence-electron chi connectivity index (χ0n) is 11.6. The molecule has 5 heteroatoms. The number of rotatable bonds is 5. The molecule has 2 rings (SSSR count). The number of amides is 1. The standard InChI is InChI=1S/C16H16ClFN2O/c1-20(10-12-2-4-13(17)5-3-12)11-16(21)19-15-8-6-14(18)7-9-15/h2-9H,10-11H2,1H3,(H,19,21). The van der Waals surface area contributed by atoms with Crippen molar-refractivity contribution in [2.75, 3.05) is 18.9 Å². The number of likely N-dealkylation sites (N-methyl/N-ethyl adjacent to an activating group) is 1. The number of hydrogen-bond donors (Lipinski definition) is 1. The molecule has 2 aromatic carbocycles. The van der Waals surface area contributed by atoms with E-state index in [2.05, 4.69) is 5.32 Å². The van der Waals surface area contributed by atoms with E-state index in [1.807, 2.05) is 36.2 Å². The number of nitrogens with zero attached hydrogens (tertiary/aromatic N) is 1. The average Bonchev–Trinajstić information content (AvgIpc) is 2.44. The lowest BCUT2D eigenvalue weighted by Crippen LogP contribution is -2.29. The summed E-state index contributed by atoms with van der Waals surface area (Å²) in [5.41, 5.74) is 1.66. The van der Waals surface area contributed by atoms with Crippen molar-refractivity contribution >= 4 is 23.2 Å². The summed E-state index contributed by atoms with van der Waals surface area (Å²) in [6, 6.07) is 13.2.